The van der Waals surface area contributed by atoms with Crippen LogP contribution in [-0.2, 0) is 13.1 Å². The second-order valence-electron chi connectivity index (χ2n) is 7.69. The molecule has 138 valence electrons. The maximum atomic E-state index is 12.7. The number of hydrogen-bond acceptors (Lipinski definition) is 3. The van der Waals surface area contributed by atoms with Gasteiger partial charge in [-0.1, -0.05) is 19.3 Å². The number of nitrogens with two attached hydrogens (primary N) is 1. The normalized spacial score (nSPS) is 20.3. The molecule has 2 aliphatic carbocycles. The molecule has 0 unspecified atom stereocenters. The van der Waals surface area contributed by atoms with E-state index in [2.05, 4.69) is 16.0 Å². The fourth-order valence-electron chi connectivity index (χ4n) is 4.43. The second kappa shape index (κ2) is 6.67. The highest BCUT2D eigenvalue weighted by molar-refractivity contribution is 5.97. The number of carbonyl (C=O) groups excluding carboxylic acids is 2. The molecule has 26 heavy (non-hydrogen) atoms. The lowest BCUT2D eigenvalue weighted by Gasteiger charge is -2.32. The molecule has 0 atom stereocenters. The Morgan fingerprint density at radius 2 is 1.85 bits per heavy atom. The molecular formula is C19H25N5O2. The van der Waals surface area contributed by atoms with E-state index in [0.717, 1.165) is 49.9 Å². The van der Waals surface area contributed by atoms with Gasteiger partial charge in [0.25, 0.3) is 5.91 Å². The summed E-state index contributed by atoms with van der Waals surface area (Å²) in [5, 5.41) is 12.7. The van der Waals surface area contributed by atoms with Crippen molar-refractivity contribution < 1.29 is 9.59 Å². The third-order valence-corrected chi connectivity index (χ3v) is 5.89. The van der Waals surface area contributed by atoms with Crippen LogP contribution in [0.3, 0.4) is 0 Å². The van der Waals surface area contributed by atoms with Gasteiger partial charge in [0, 0.05) is 30.7 Å². The van der Waals surface area contributed by atoms with Gasteiger partial charge < -0.3 is 20.5 Å². The van der Waals surface area contributed by atoms with Crippen LogP contribution in [0.2, 0.25) is 0 Å². The maximum Gasteiger partial charge on any atom is 0.318 e. The SMILES string of the molecule is N#Cc1c(C(N)=O)c2n(c1C1CC1)CCN(C(=O)NC1CCCCC1)C2. The summed E-state index contributed by atoms with van der Waals surface area (Å²) >= 11 is 0. The molecule has 1 aromatic rings. The molecule has 3 amide bonds. The van der Waals surface area contributed by atoms with Crippen LogP contribution in [0.15, 0.2) is 0 Å². The van der Waals surface area contributed by atoms with Gasteiger partial charge in [-0.05, 0) is 25.7 Å². The van der Waals surface area contributed by atoms with Crippen LogP contribution >= 0.6 is 0 Å². The Morgan fingerprint density at radius 3 is 2.46 bits per heavy atom. The number of carbonyl (C=O) groups is 2. The van der Waals surface area contributed by atoms with E-state index < -0.39 is 5.91 Å². The topological polar surface area (TPSA) is 104 Å². The molecule has 0 saturated heterocycles. The highest BCUT2D eigenvalue weighted by atomic mass is 16.2. The molecule has 4 rings (SSSR count). The van der Waals surface area contributed by atoms with E-state index in [4.69, 9.17) is 5.73 Å². The first-order chi connectivity index (χ1) is 12.6. The van der Waals surface area contributed by atoms with Crippen LogP contribution in [0.1, 0.15) is 78.2 Å². The van der Waals surface area contributed by atoms with Crippen LogP contribution in [0, 0.1) is 11.3 Å². The third-order valence-electron chi connectivity index (χ3n) is 5.89. The van der Waals surface area contributed by atoms with Gasteiger partial charge in [0.2, 0.25) is 0 Å². The lowest BCUT2D eigenvalue weighted by Crippen LogP contribution is -2.48. The first-order valence-corrected chi connectivity index (χ1v) is 9.60. The lowest BCUT2D eigenvalue weighted by atomic mass is 9.96. The molecule has 7 nitrogen and oxygen atoms in total. The summed E-state index contributed by atoms with van der Waals surface area (Å²) in [6.07, 6.45) is 7.72. The minimum atomic E-state index is -0.577. The molecule has 1 aromatic heterocycles. The maximum absolute atomic E-state index is 12.7. The third kappa shape index (κ3) is 2.94. The van der Waals surface area contributed by atoms with Crippen molar-refractivity contribution in [1.82, 2.24) is 14.8 Å². The molecule has 2 heterocycles. The molecular weight excluding hydrogens is 330 g/mol. The lowest BCUT2D eigenvalue weighted by molar-refractivity contribution is 0.0996. The van der Waals surface area contributed by atoms with Crippen molar-refractivity contribution in [1.29, 1.82) is 5.26 Å². The van der Waals surface area contributed by atoms with E-state index in [1.807, 2.05) is 0 Å². The summed E-state index contributed by atoms with van der Waals surface area (Å²) in [5.41, 5.74) is 8.00. The van der Waals surface area contributed by atoms with E-state index in [9.17, 15) is 14.9 Å². The minimum absolute atomic E-state index is 0.0775. The molecule has 7 heteroatoms. The Morgan fingerprint density at radius 1 is 1.12 bits per heavy atom. The fourth-order valence-corrected chi connectivity index (χ4v) is 4.43. The van der Waals surface area contributed by atoms with E-state index >= 15 is 0 Å². The number of hydrogen-bond donors (Lipinski definition) is 2. The highest BCUT2D eigenvalue weighted by Crippen LogP contribution is 2.44. The van der Waals surface area contributed by atoms with Crippen LogP contribution in [0.25, 0.3) is 0 Å². The van der Waals surface area contributed by atoms with Crippen molar-refractivity contribution in [3.05, 3.63) is 22.5 Å². The molecule has 3 N–H and O–H groups in total. The summed E-state index contributed by atoms with van der Waals surface area (Å²) < 4.78 is 2.07. The van der Waals surface area contributed by atoms with Crippen LogP contribution in [0.5, 0.6) is 0 Å². The Balaban J connectivity index is 1.59. The Bertz CT molecular complexity index is 781. The summed E-state index contributed by atoms with van der Waals surface area (Å²) in [6.45, 7) is 1.53. The van der Waals surface area contributed by atoms with Crippen molar-refractivity contribution in [2.24, 2.45) is 5.73 Å². The first-order valence-electron chi connectivity index (χ1n) is 9.60. The Hall–Kier alpha value is -2.49. The number of amides is 3. The zero-order chi connectivity index (χ0) is 18.3. The Labute approximate surface area is 153 Å². The molecule has 2 saturated carbocycles. The van der Waals surface area contributed by atoms with Gasteiger partial charge in [-0.25, -0.2) is 4.79 Å². The summed E-state index contributed by atoms with van der Waals surface area (Å²) in [5.74, 6) is -0.231. The molecule has 0 bridgehead atoms. The predicted octanol–water partition coefficient (Wildman–Crippen LogP) is 2.19. The number of urea groups is 1. The van der Waals surface area contributed by atoms with E-state index in [1.165, 1.54) is 6.42 Å². The molecule has 1 aliphatic heterocycles. The molecule has 0 aromatic carbocycles. The van der Waals surface area contributed by atoms with Crippen molar-refractivity contribution in [3.8, 4) is 6.07 Å². The standard InChI is InChI=1S/C19H25N5O2/c20-10-14-16(18(21)25)15-11-23(8-9-24(15)17(14)12-6-7-12)19(26)22-13-4-2-1-3-5-13/h12-13H,1-9,11H2,(H2,21,25)(H,22,26). The second-order valence-corrected chi connectivity index (χ2v) is 7.69. The molecule has 3 aliphatic rings. The van der Waals surface area contributed by atoms with Gasteiger partial charge in [0.1, 0.15) is 6.07 Å². The predicted molar refractivity (Wildman–Crippen MR) is 95.5 cm³/mol. The van der Waals surface area contributed by atoms with Gasteiger partial charge in [-0.3, -0.25) is 4.79 Å². The summed E-state index contributed by atoms with van der Waals surface area (Å²) in [4.78, 5) is 26.5. The summed E-state index contributed by atoms with van der Waals surface area (Å²) in [6, 6.07) is 2.36. The zero-order valence-corrected chi connectivity index (χ0v) is 15.0. The van der Waals surface area contributed by atoms with Gasteiger partial charge in [0.05, 0.1) is 23.4 Å². The number of fused-ring (bicyclic) bond motifs is 1. The number of rotatable bonds is 3. The zero-order valence-electron chi connectivity index (χ0n) is 15.0. The van der Waals surface area contributed by atoms with E-state index in [-0.39, 0.29) is 12.1 Å². The van der Waals surface area contributed by atoms with Gasteiger partial charge in [-0.2, -0.15) is 5.26 Å². The number of nitrogens with one attached hydrogen (secondary N) is 1. The number of aromatic nitrogens is 1. The van der Waals surface area contributed by atoms with E-state index in [1.54, 1.807) is 4.90 Å². The molecule has 0 radical (unpaired) electrons. The molecule has 2 fully saturated rings. The van der Waals surface area contributed by atoms with Crippen LogP contribution in [0.4, 0.5) is 4.79 Å². The quantitative estimate of drug-likeness (QED) is 0.868. The average molecular weight is 355 g/mol. The van der Waals surface area contributed by atoms with Crippen molar-refractivity contribution in [2.45, 2.75) is 70.0 Å². The van der Waals surface area contributed by atoms with Crippen molar-refractivity contribution in [2.75, 3.05) is 6.54 Å². The molecule has 0 spiro atoms. The van der Waals surface area contributed by atoms with Crippen molar-refractivity contribution >= 4 is 11.9 Å². The van der Waals surface area contributed by atoms with Gasteiger partial charge in [-0.15, -0.1) is 0 Å². The number of primary amides is 1. The highest BCUT2D eigenvalue weighted by Gasteiger charge is 2.38. The largest absolute Gasteiger partial charge is 0.366 e. The van der Waals surface area contributed by atoms with Crippen LogP contribution < -0.4 is 11.1 Å². The van der Waals surface area contributed by atoms with E-state index in [0.29, 0.717) is 36.7 Å². The first kappa shape index (κ1) is 17.0. The summed E-state index contributed by atoms with van der Waals surface area (Å²) in [7, 11) is 0. The smallest absolute Gasteiger partial charge is 0.318 e. The fraction of sp³-hybridized carbons (Fsp3) is 0.632. The Kier molecular flexibility index (Phi) is 4.35. The van der Waals surface area contributed by atoms with Gasteiger partial charge >= 0.3 is 6.03 Å². The number of nitriles is 1. The minimum Gasteiger partial charge on any atom is -0.366 e. The monoisotopic (exact) mass is 355 g/mol. The van der Waals surface area contributed by atoms with Crippen molar-refractivity contribution in [3.63, 3.8) is 0 Å². The van der Waals surface area contributed by atoms with Crippen LogP contribution in [-0.4, -0.2) is 34.0 Å². The average Bonchev–Trinajstić information content (AvgIpc) is 3.42. The van der Waals surface area contributed by atoms with Gasteiger partial charge in [0.15, 0.2) is 0 Å². The number of nitrogens with zero attached hydrogens (tertiary/aromatic N) is 3.